The molecule has 0 heterocycles. The van der Waals surface area contributed by atoms with E-state index in [9.17, 15) is 35.7 Å². The Hall–Kier alpha value is -4.00. The first-order valence-corrected chi connectivity index (χ1v) is 7.79. The second kappa shape index (κ2) is 6.72. The molecule has 0 saturated heterocycles. The smallest absolute Gasteiger partial charge is 0.200 e. The van der Waals surface area contributed by atoms with E-state index in [-0.39, 0.29) is 34.1 Å². The molecule has 0 fully saturated rings. The molecule has 4 rings (SSSR count). The lowest BCUT2D eigenvalue weighted by atomic mass is 10.1. The average molecular weight is 368 g/mol. The van der Waals surface area contributed by atoms with E-state index in [1.165, 1.54) is 30.3 Å². The molecule has 7 heteroatoms. The summed E-state index contributed by atoms with van der Waals surface area (Å²) in [7, 11) is 0. The van der Waals surface area contributed by atoms with Crippen LogP contribution >= 0.6 is 0 Å². The number of phenols is 7. The zero-order valence-electron chi connectivity index (χ0n) is 13.8. The normalized spacial score (nSPS) is 10.5. The molecule has 7 nitrogen and oxygen atoms in total. The highest BCUT2D eigenvalue weighted by Crippen LogP contribution is 2.42. The highest BCUT2D eigenvalue weighted by atomic mass is 16.3. The van der Waals surface area contributed by atoms with E-state index in [1.54, 1.807) is 24.3 Å². The number of benzene rings is 4. The number of hydrogen-bond acceptors (Lipinski definition) is 7. The monoisotopic (exact) mass is 368 g/mol. The Bertz CT molecular complexity index is 1150. The molecule has 7 N–H and O–H groups in total. The van der Waals surface area contributed by atoms with E-state index in [4.69, 9.17) is 0 Å². The number of phenolic OH excluding ortho intramolecular Hbond substituents is 7. The summed E-state index contributed by atoms with van der Waals surface area (Å²) in [6.07, 6.45) is 0. The van der Waals surface area contributed by atoms with E-state index in [0.717, 1.165) is 0 Å². The van der Waals surface area contributed by atoms with Gasteiger partial charge in [0.1, 0.15) is 11.5 Å². The van der Waals surface area contributed by atoms with Gasteiger partial charge in [-0.2, -0.15) is 0 Å². The van der Waals surface area contributed by atoms with Gasteiger partial charge in [0.2, 0.25) is 5.75 Å². The van der Waals surface area contributed by atoms with Crippen LogP contribution in [0.5, 0.6) is 40.2 Å². The maximum absolute atomic E-state index is 9.44. The first-order valence-electron chi connectivity index (χ1n) is 7.79. The largest absolute Gasteiger partial charge is 0.507 e. The van der Waals surface area contributed by atoms with Gasteiger partial charge < -0.3 is 35.7 Å². The van der Waals surface area contributed by atoms with Crippen molar-refractivity contribution in [1.82, 2.24) is 0 Å². The molecule has 138 valence electrons. The van der Waals surface area contributed by atoms with E-state index in [2.05, 4.69) is 0 Å². The maximum atomic E-state index is 9.44. The van der Waals surface area contributed by atoms with Gasteiger partial charge in [-0.1, -0.05) is 24.3 Å². The minimum absolute atomic E-state index is 0.0463. The van der Waals surface area contributed by atoms with Crippen LogP contribution in [0.3, 0.4) is 0 Å². The Balaban J connectivity index is 0.000000156. The van der Waals surface area contributed by atoms with Crippen molar-refractivity contribution in [2.45, 2.75) is 0 Å². The lowest BCUT2D eigenvalue weighted by Crippen LogP contribution is -1.77. The number of hydrogen-bond donors (Lipinski definition) is 7. The molecule has 0 spiro atoms. The fraction of sp³-hybridized carbons (Fsp3) is 0. The Morgan fingerprint density at radius 2 is 1.07 bits per heavy atom. The highest BCUT2D eigenvalue weighted by molar-refractivity contribution is 5.98. The third-order valence-electron chi connectivity index (χ3n) is 4.06. The molecule has 0 amide bonds. The molecule has 0 aliphatic rings. The molecule has 4 aromatic carbocycles. The van der Waals surface area contributed by atoms with Gasteiger partial charge in [-0.3, -0.25) is 0 Å². The SMILES string of the molecule is Oc1cc2ccccc2c(O)c1O.Oc1ccc2c(O)ccc(O)c2c1O. The zero-order valence-corrected chi connectivity index (χ0v) is 13.8. The third kappa shape index (κ3) is 3.13. The van der Waals surface area contributed by atoms with Crippen LogP contribution in [0.4, 0.5) is 0 Å². The van der Waals surface area contributed by atoms with Crippen LogP contribution in [0.1, 0.15) is 0 Å². The van der Waals surface area contributed by atoms with E-state index in [1.807, 2.05) is 0 Å². The molecule has 0 radical (unpaired) electrons. The quantitative estimate of drug-likeness (QED) is 0.186. The molecule has 0 bridgehead atoms. The van der Waals surface area contributed by atoms with Crippen molar-refractivity contribution in [3.63, 3.8) is 0 Å². The van der Waals surface area contributed by atoms with E-state index >= 15 is 0 Å². The molecule has 0 aliphatic carbocycles. The van der Waals surface area contributed by atoms with Gasteiger partial charge in [-0.15, -0.1) is 0 Å². The van der Waals surface area contributed by atoms with Gasteiger partial charge in [-0.05, 0) is 35.7 Å². The Morgan fingerprint density at radius 3 is 1.81 bits per heavy atom. The minimum atomic E-state index is -0.473. The van der Waals surface area contributed by atoms with Gasteiger partial charge >= 0.3 is 0 Å². The standard InChI is InChI=1S/C10H8O4.C10H8O3/c11-6-3-4-7(12)9-5(6)1-2-8(13)10(9)14;11-8-5-6-3-1-2-4-7(6)9(12)10(8)13/h1-4,11-14H;1-5,11-13H. The van der Waals surface area contributed by atoms with Crippen molar-refractivity contribution < 1.29 is 35.7 Å². The predicted molar refractivity (Wildman–Crippen MR) is 99.5 cm³/mol. The summed E-state index contributed by atoms with van der Waals surface area (Å²) in [5.41, 5.74) is 0. The minimum Gasteiger partial charge on any atom is -0.507 e. The Labute approximate surface area is 152 Å². The van der Waals surface area contributed by atoms with Crippen LogP contribution in [-0.4, -0.2) is 35.7 Å². The molecular weight excluding hydrogens is 352 g/mol. The fourth-order valence-electron chi connectivity index (χ4n) is 2.69. The first-order chi connectivity index (χ1) is 12.8. The van der Waals surface area contributed by atoms with Crippen molar-refractivity contribution >= 4 is 21.5 Å². The Morgan fingerprint density at radius 1 is 0.444 bits per heavy atom. The zero-order chi connectivity index (χ0) is 19.7. The van der Waals surface area contributed by atoms with Gasteiger partial charge in [0.15, 0.2) is 23.0 Å². The summed E-state index contributed by atoms with van der Waals surface area (Å²) in [5.74, 6) is -2.08. The van der Waals surface area contributed by atoms with Crippen molar-refractivity contribution in [2.75, 3.05) is 0 Å². The van der Waals surface area contributed by atoms with Gasteiger partial charge in [0.25, 0.3) is 0 Å². The van der Waals surface area contributed by atoms with Crippen LogP contribution in [-0.2, 0) is 0 Å². The summed E-state index contributed by atoms with van der Waals surface area (Å²) in [5, 5.41) is 66.8. The summed E-state index contributed by atoms with van der Waals surface area (Å²) in [6.45, 7) is 0. The molecule has 4 aromatic rings. The van der Waals surface area contributed by atoms with Gasteiger partial charge in [0, 0.05) is 10.8 Å². The number of aromatic hydroxyl groups is 7. The first kappa shape index (κ1) is 17.8. The third-order valence-corrected chi connectivity index (χ3v) is 4.06. The lowest BCUT2D eigenvalue weighted by Gasteiger charge is -2.06. The molecule has 0 aliphatic heterocycles. The molecule has 0 unspecified atom stereocenters. The second-order valence-corrected chi connectivity index (χ2v) is 5.77. The Kier molecular flexibility index (Phi) is 4.43. The number of fused-ring (bicyclic) bond motifs is 2. The van der Waals surface area contributed by atoms with E-state index in [0.29, 0.717) is 16.2 Å². The number of rotatable bonds is 0. The second-order valence-electron chi connectivity index (χ2n) is 5.77. The van der Waals surface area contributed by atoms with Gasteiger partial charge in [-0.25, -0.2) is 0 Å². The average Bonchev–Trinajstić information content (AvgIpc) is 2.66. The fourth-order valence-corrected chi connectivity index (χ4v) is 2.69. The van der Waals surface area contributed by atoms with Crippen molar-refractivity contribution in [2.24, 2.45) is 0 Å². The topological polar surface area (TPSA) is 142 Å². The molecule has 27 heavy (non-hydrogen) atoms. The maximum Gasteiger partial charge on any atom is 0.200 e. The molecule has 0 aromatic heterocycles. The van der Waals surface area contributed by atoms with Crippen LogP contribution in [0, 0.1) is 0 Å². The van der Waals surface area contributed by atoms with Crippen LogP contribution in [0.15, 0.2) is 54.6 Å². The predicted octanol–water partition coefficient (Wildman–Crippen LogP) is 3.62. The summed E-state index contributed by atoms with van der Waals surface area (Å²) < 4.78 is 0. The lowest BCUT2D eigenvalue weighted by molar-refractivity contribution is 0.371. The van der Waals surface area contributed by atoms with Gasteiger partial charge in [0.05, 0.1) is 5.39 Å². The summed E-state index contributed by atoms with van der Waals surface area (Å²) in [6, 6.07) is 13.6. The summed E-state index contributed by atoms with van der Waals surface area (Å²) >= 11 is 0. The van der Waals surface area contributed by atoms with Crippen LogP contribution in [0.25, 0.3) is 21.5 Å². The van der Waals surface area contributed by atoms with Crippen LogP contribution in [0.2, 0.25) is 0 Å². The van der Waals surface area contributed by atoms with Crippen molar-refractivity contribution in [3.8, 4) is 40.2 Å². The molecule has 0 saturated carbocycles. The summed E-state index contributed by atoms with van der Waals surface area (Å²) in [4.78, 5) is 0. The highest BCUT2D eigenvalue weighted by Gasteiger charge is 2.12. The molecule has 0 atom stereocenters. The van der Waals surface area contributed by atoms with E-state index < -0.39 is 11.5 Å². The van der Waals surface area contributed by atoms with Crippen LogP contribution < -0.4 is 0 Å². The molecular formula is C20H16O7. The van der Waals surface area contributed by atoms with Crippen molar-refractivity contribution in [1.29, 1.82) is 0 Å². The van der Waals surface area contributed by atoms with Crippen molar-refractivity contribution in [3.05, 3.63) is 54.6 Å².